The van der Waals surface area contributed by atoms with Crippen LogP contribution < -0.4 is 0 Å². The molecule has 8 nitrogen and oxygen atoms in total. The Bertz CT molecular complexity index is 1150. The number of aliphatic imine (C=N–C) groups is 1. The van der Waals surface area contributed by atoms with E-state index in [1.54, 1.807) is 29.2 Å². The predicted octanol–water partition coefficient (Wildman–Crippen LogP) is 3.94. The molecule has 0 fully saturated rings. The second-order valence-electron chi connectivity index (χ2n) is 8.09. The minimum atomic E-state index is -0.293. The van der Waals surface area contributed by atoms with Gasteiger partial charge in [0, 0.05) is 48.9 Å². The van der Waals surface area contributed by atoms with Crippen molar-refractivity contribution in [2.24, 2.45) is 10.1 Å². The third-order valence-electron chi connectivity index (χ3n) is 6.04. The SMILES string of the molecule is [N-]=[N+]=Nc1ccc(CN2CCC3=C(C2)C(=O)N(Cc2ccc(F)cc2)C2=NCCN23)cc1. The van der Waals surface area contributed by atoms with Gasteiger partial charge in [-0.3, -0.25) is 19.6 Å². The number of benzene rings is 2. The van der Waals surface area contributed by atoms with Crippen molar-refractivity contribution in [2.45, 2.75) is 19.5 Å². The molecule has 2 aromatic carbocycles. The van der Waals surface area contributed by atoms with Crippen molar-refractivity contribution in [3.05, 3.63) is 87.2 Å². The van der Waals surface area contributed by atoms with Gasteiger partial charge in [-0.25, -0.2) is 4.39 Å². The highest BCUT2D eigenvalue weighted by atomic mass is 19.1. The largest absolute Gasteiger partial charge is 0.314 e. The number of hydrogen-bond acceptors (Lipinski definition) is 5. The van der Waals surface area contributed by atoms with Crippen molar-refractivity contribution in [1.82, 2.24) is 14.7 Å². The molecule has 5 rings (SSSR count). The van der Waals surface area contributed by atoms with Crippen LogP contribution in [0.3, 0.4) is 0 Å². The van der Waals surface area contributed by atoms with Crippen LogP contribution in [0.4, 0.5) is 10.1 Å². The van der Waals surface area contributed by atoms with E-state index in [-0.39, 0.29) is 11.7 Å². The molecule has 0 aliphatic carbocycles. The average molecular weight is 431 g/mol. The normalized spacial score (nSPS) is 18.3. The van der Waals surface area contributed by atoms with E-state index in [1.165, 1.54) is 12.1 Å². The summed E-state index contributed by atoms with van der Waals surface area (Å²) < 4.78 is 13.3. The van der Waals surface area contributed by atoms with Gasteiger partial charge in [0.15, 0.2) is 0 Å². The molecule has 0 saturated heterocycles. The van der Waals surface area contributed by atoms with Gasteiger partial charge in [0.1, 0.15) is 5.82 Å². The summed E-state index contributed by atoms with van der Waals surface area (Å²) in [5.41, 5.74) is 13.0. The van der Waals surface area contributed by atoms with E-state index in [0.29, 0.717) is 37.8 Å². The van der Waals surface area contributed by atoms with Gasteiger partial charge in [-0.05, 0) is 28.8 Å². The zero-order chi connectivity index (χ0) is 22.1. The summed E-state index contributed by atoms with van der Waals surface area (Å²) in [5.74, 6) is 0.392. The molecule has 0 aromatic heterocycles. The number of azide groups is 1. The maximum absolute atomic E-state index is 13.5. The third-order valence-corrected chi connectivity index (χ3v) is 6.04. The van der Waals surface area contributed by atoms with Crippen LogP contribution in [0, 0.1) is 5.82 Å². The number of carbonyl (C=O) groups excluding carboxylic acids is 1. The summed E-state index contributed by atoms with van der Waals surface area (Å²) in [4.78, 5) is 27.1. The van der Waals surface area contributed by atoms with Crippen LogP contribution in [0.15, 0.2) is 69.9 Å². The van der Waals surface area contributed by atoms with Crippen LogP contribution in [0.1, 0.15) is 17.5 Å². The first-order valence-electron chi connectivity index (χ1n) is 10.6. The summed E-state index contributed by atoms with van der Waals surface area (Å²) in [6, 6.07) is 13.7. The van der Waals surface area contributed by atoms with Crippen molar-refractivity contribution < 1.29 is 9.18 Å². The van der Waals surface area contributed by atoms with Crippen LogP contribution in [0.5, 0.6) is 0 Å². The van der Waals surface area contributed by atoms with Crippen LogP contribution >= 0.6 is 0 Å². The Morgan fingerprint density at radius 1 is 1.03 bits per heavy atom. The number of fused-ring (bicyclic) bond motifs is 2. The van der Waals surface area contributed by atoms with Gasteiger partial charge < -0.3 is 4.90 Å². The second-order valence-corrected chi connectivity index (χ2v) is 8.09. The lowest BCUT2D eigenvalue weighted by Crippen LogP contribution is -2.53. The van der Waals surface area contributed by atoms with E-state index in [1.807, 2.05) is 12.1 Å². The Morgan fingerprint density at radius 3 is 2.50 bits per heavy atom. The quantitative estimate of drug-likeness (QED) is 0.408. The van der Waals surface area contributed by atoms with Gasteiger partial charge >= 0.3 is 0 Å². The monoisotopic (exact) mass is 431 g/mol. The molecule has 0 N–H and O–H groups in total. The summed E-state index contributed by atoms with van der Waals surface area (Å²) in [6.45, 7) is 3.94. The lowest BCUT2D eigenvalue weighted by molar-refractivity contribution is -0.125. The van der Waals surface area contributed by atoms with Crippen molar-refractivity contribution in [2.75, 3.05) is 26.2 Å². The van der Waals surface area contributed by atoms with Crippen molar-refractivity contribution in [3.63, 3.8) is 0 Å². The van der Waals surface area contributed by atoms with E-state index in [4.69, 9.17) is 5.53 Å². The minimum absolute atomic E-state index is 0.0235. The fraction of sp³-hybridized carbons (Fsp3) is 0.304. The number of amides is 1. The van der Waals surface area contributed by atoms with Crippen molar-refractivity contribution in [3.8, 4) is 0 Å². The molecule has 3 heterocycles. The molecule has 0 unspecified atom stereocenters. The highest BCUT2D eigenvalue weighted by molar-refractivity contribution is 6.09. The minimum Gasteiger partial charge on any atom is -0.314 e. The van der Waals surface area contributed by atoms with E-state index in [0.717, 1.165) is 41.9 Å². The molecule has 9 heteroatoms. The number of hydrogen-bond donors (Lipinski definition) is 0. The number of rotatable bonds is 5. The Balaban J connectivity index is 1.36. The number of carbonyl (C=O) groups is 1. The van der Waals surface area contributed by atoms with Gasteiger partial charge in [-0.1, -0.05) is 41.5 Å². The van der Waals surface area contributed by atoms with Gasteiger partial charge in [0.2, 0.25) is 5.96 Å². The predicted molar refractivity (Wildman–Crippen MR) is 118 cm³/mol. The van der Waals surface area contributed by atoms with Crippen LogP contribution in [0.25, 0.3) is 10.4 Å². The topological polar surface area (TPSA) is 87.9 Å². The Hall–Kier alpha value is -3.68. The maximum Gasteiger partial charge on any atom is 0.259 e. The molecule has 0 radical (unpaired) electrons. The molecule has 3 aliphatic rings. The fourth-order valence-electron chi connectivity index (χ4n) is 4.50. The Kier molecular flexibility index (Phi) is 5.34. The first-order chi connectivity index (χ1) is 15.6. The van der Waals surface area contributed by atoms with Crippen molar-refractivity contribution in [1.29, 1.82) is 0 Å². The molecule has 0 spiro atoms. The molecule has 0 bridgehead atoms. The van der Waals surface area contributed by atoms with Gasteiger partial charge in [0.05, 0.1) is 18.7 Å². The smallest absolute Gasteiger partial charge is 0.259 e. The third kappa shape index (κ3) is 3.84. The van der Waals surface area contributed by atoms with Crippen LogP contribution in [0.2, 0.25) is 0 Å². The van der Waals surface area contributed by atoms with Gasteiger partial charge in [-0.15, -0.1) is 0 Å². The molecule has 0 atom stereocenters. The van der Waals surface area contributed by atoms with Crippen LogP contribution in [-0.2, 0) is 17.9 Å². The highest BCUT2D eigenvalue weighted by Crippen LogP contribution is 2.32. The summed E-state index contributed by atoms with van der Waals surface area (Å²) in [5, 5.41) is 3.61. The molecular formula is C23H22FN7O. The van der Waals surface area contributed by atoms with Gasteiger partial charge in [0.25, 0.3) is 5.91 Å². The van der Waals surface area contributed by atoms with Gasteiger partial charge in [-0.2, -0.15) is 0 Å². The highest BCUT2D eigenvalue weighted by Gasteiger charge is 2.40. The number of guanidine groups is 1. The standard InChI is InChI=1S/C23H22FN7O/c24-18-5-1-17(2-6-18)14-31-22(32)20-15-29(11-9-21(20)30-12-10-26-23(30)31)13-16-3-7-19(8-4-16)27-28-25/h1-8H,9-15H2. The Labute approximate surface area is 184 Å². The van der Waals surface area contributed by atoms with Crippen molar-refractivity contribution >= 4 is 17.6 Å². The zero-order valence-corrected chi connectivity index (χ0v) is 17.5. The maximum atomic E-state index is 13.5. The lowest BCUT2D eigenvalue weighted by atomic mass is 10.00. The number of nitrogens with zero attached hydrogens (tertiary/aromatic N) is 7. The second kappa shape index (κ2) is 8.45. The molecule has 2 aromatic rings. The summed E-state index contributed by atoms with van der Waals surface area (Å²) in [7, 11) is 0. The van der Waals surface area contributed by atoms with E-state index >= 15 is 0 Å². The lowest BCUT2D eigenvalue weighted by Gasteiger charge is -2.42. The average Bonchev–Trinajstić information content (AvgIpc) is 3.29. The van der Waals surface area contributed by atoms with Crippen LogP contribution in [-0.4, -0.2) is 52.7 Å². The molecule has 162 valence electrons. The fourth-order valence-corrected chi connectivity index (χ4v) is 4.50. The van der Waals surface area contributed by atoms with E-state index in [2.05, 4.69) is 24.8 Å². The van der Waals surface area contributed by atoms with E-state index in [9.17, 15) is 9.18 Å². The molecular weight excluding hydrogens is 409 g/mol. The van der Waals surface area contributed by atoms with E-state index < -0.39 is 0 Å². The molecule has 0 saturated carbocycles. The first-order valence-corrected chi connectivity index (χ1v) is 10.6. The zero-order valence-electron chi connectivity index (χ0n) is 17.5. The first kappa shape index (κ1) is 20.2. The summed E-state index contributed by atoms with van der Waals surface area (Å²) >= 11 is 0. The Morgan fingerprint density at radius 2 is 1.75 bits per heavy atom. The summed E-state index contributed by atoms with van der Waals surface area (Å²) in [6.07, 6.45) is 0.793. The number of halogens is 1. The molecule has 1 amide bonds. The molecule has 3 aliphatic heterocycles. The molecule has 32 heavy (non-hydrogen) atoms.